The van der Waals surface area contributed by atoms with Crippen LogP contribution in [0.5, 0.6) is 0 Å². The van der Waals surface area contributed by atoms with E-state index in [1.807, 2.05) is 26.8 Å². The highest BCUT2D eigenvalue weighted by molar-refractivity contribution is 5.00. The van der Waals surface area contributed by atoms with Gasteiger partial charge >= 0.3 is 0 Å². The molecular formula is C22H40O3. The van der Waals surface area contributed by atoms with Crippen molar-refractivity contribution in [1.29, 1.82) is 0 Å². The van der Waals surface area contributed by atoms with E-state index in [0.717, 1.165) is 24.8 Å². The van der Waals surface area contributed by atoms with Gasteiger partial charge in [-0.15, -0.1) is 6.58 Å². The van der Waals surface area contributed by atoms with E-state index in [1.54, 1.807) is 0 Å². The molecule has 0 bridgehead atoms. The van der Waals surface area contributed by atoms with E-state index in [0.29, 0.717) is 13.2 Å². The van der Waals surface area contributed by atoms with E-state index in [9.17, 15) is 0 Å². The first-order valence-electron chi connectivity index (χ1n) is 10.1. The molecule has 0 unspecified atom stereocenters. The van der Waals surface area contributed by atoms with Crippen molar-refractivity contribution in [1.82, 2.24) is 0 Å². The Morgan fingerprint density at radius 3 is 2.36 bits per heavy atom. The molecule has 0 aromatic carbocycles. The summed E-state index contributed by atoms with van der Waals surface area (Å²) in [5.41, 5.74) is 0.670. The first-order chi connectivity index (χ1) is 11.9. The molecular weight excluding hydrogens is 312 g/mol. The van der Waals surface area contributed by atoms with Crippen molar-refractivity contribution in [3.8, 4) is 0 Å². The van der Waals surface area contributed by atoms with E-state index < -0.39 is 5.79 Å². The number of hydrogen-bond acceptors (Lipinski definition) is 3. The Morgan fingerprint density at radius 1 is 1.20 bits per heavy atom. The van der Waals surface area contributed by atoms with E-state index in [4.69, 9.17) is 14.2 Å². The standard InChI is InChI=1S/C22H40O3/c1-7-9-10-11-12-13-14-16-22(15-8-2,24-17-19(3)4)20-18-23-21(5,6)25-20/h8,20H,2-3,7,9-18H2,1,4-6H3/t20-,22-/m1/s1. The summed E-state index contributed by atoms with van der Waals surface area (Å²) in [7, 11) is 0. The summed E-state index contributed by atoms with van der Waals surface area (Å²) >= 11 is 0. The minimum Gasteiger partial charge on any atom is -0.368 e. The minimum absolute atomic E-state index is 0.0556. The highest BCUT2D eigenvalue weighted by Gasteiger charge is 2.47. The molecule has 1 heterocycles. The van der Waals surface area contributed by atoms with Gasteiger partial charge in [-0.1, -0.05) is 70.1 Å². The predicted molar refractivity (Wildman–Crippen MR) is 106 cm³/mol. The van der Waals surface area contributed by atoms with Gasteiger partial charge in [0, 0.05) is 0 Å². The van der Waals surface area contributed by atoms with Crippen LogP contribution in [0.4, 0.5) is 0 Å². The molecule has 1 aliphatic heterocycles. The normalized spacial score (nSPS) is 21.8. The van der Waals surface area contributed by atoms with Crippen molar-refractivity contribution in [3.63, 3.8) is 0 Å². The van der Waals surface area contributed by atoms with E-state index in [-0.39, 0.29) is 11.7 Å². The monoisotopic (exact) mass is 352 g/mol. The average Bonchev–Trinajstić information content (AvgIpc) is 2.92. The Balaban J connectivity index is 2.65. The Morgan fingerprint density at radius 2 is 1.84 bits per heavy atom. The fraction of sp³-hybridized carbons (Fsp3) is 0.818. The van der Waals surface area contributed by atoms with Crippen molar-refractivity contribution >= 4 is 0 Å². The van der Waals surface area contributed by atoms with Gasteiger partial charge in [-0.2, -0.15) is 0 Å². The highest BCUT2D eigenvalue weighted by atomic mass is 16.8. The van der Waals surface area contributed by atoms with Gasteiger partial charge in [-0.25, -0.2) is 0 Å². The predicted octanol–water partition coefficient (Wildman–Crippen LogP) is 6.19. The van der Waals surface area contributed by atoms with Crippen LogP contribution in [0, 0.1) is 0 Å². The maximum absolute atomic E-state index is 6.38. The fourth-order valence-electron chi connectivity index (χ4n) is 3.46. The summed E-state index contributed by atoms with van der Waals surface area (Å²) in [5.74, 6) is -0.538. The molecule has 0 N–H and O–H groups in total. The van der Waals surface area contributed by atoms with Crippen molar-refractivity contribution in [2.75, 3.05) is 13.2 Å². The molecule has 1 aliphatic rings. The molecule has 25 heavy (non-hydrogen) atoms. The van der Waals surface area contributed by atoms with Crippen LogP contribution in [0.15, 0.2) is 24.8 Å². The smallest absolute Gasteiger partial charge is 0.163 e. The summed E-state index contributed by atoms with van der Waals surface area (Å²) in [5, 5.41) is 0. The van der Waals surface area contributed by atoms with Gasteiger partial charge in [0.2, 0.25) is 0 Å². The van der Waals surface area contributed by atoms with E-state index >= 15 is 0 Å². The third kappa shape index (κ3) is 8.06. The lowest BCUT2D eigenvalue weighted by molar-refractivity contribution is -0.183. The Bertz CT molecular complexity index is 402. The highest BCUT2D eigenvalue weighted by Crippen LogP contribution is 2.37. The van der Waals surface area contributed by atoms with Gasteiger partial charge in [0.05, 0.1) is 13.2 Å². The molecule has 1 rings (SSSR count). The molecule has 0 amide bonds. The number of ether oxygens (including phenoxy) is 3. The number of rotatable bonds is 14. The molecule has 0 radical (unpaired) electrons. The zero-order chi connectivity index (χ0) is 18.8. The summed E-state index contributed by atoms with van der Waals surface area (Å²) in [4.78, 5) is 0. The first-order valence-corrected chi connectivity index (χ1v) is 10.1. The third-order valence-electron chi connectivity index (χ3n) is 4.89. The minimum atomic E-state index is -0.538. The lowest BCUT2D eigenvalue weighted by Gasteiger charge is -2.38. The molecule has 2 atom stereocenters. The van der Waals surface area contributed by atoms with Crippen molar-refractivity contribution in [2.24, 2.45) is 0 Å². The fourth-order valence-corrected chi connectivity index (χ4v) is 3.46. The lowest BCUT2D eigenvalue weighted by atomic mass is 9.86. The van der Waals surface area contributed by atoms with Crippen LogP contribution in [0.3, 0.4) is 0 Å². The Labute approximate surface area is 155 Å². The maximum Gasteiger partial charge on any atom is 0.163 e. The molecule has 1 fully saturated rings. The maximum atomic E-state index is 6.38. The molecule has 146 valence electrons. The largest absolute Gasteiger partial charge is 0.368 e. The topological polar surface area (TPSA) is 27.7 Å². The van der Waals surface area contributed by atoms with Gasteiger partial charge in [-0.05, 0) is 33.6 Å². The van der Waals surface area contributed by atoms with Crippen LogP contribution in [-0.4, -0.2) is 30.7 Å². The molecule has 0 spiro atoms. The zero-order valence-electron chi connectivity index (χ0n) is 17.1. The molecule has 0 aromatic heterocycles. The number of unbranched alkanes of at least 4 members (excludes halogenated alkanes) is 6. The van der Waals surface area contributed by atoms with Crippen LogP contribution in [0.2, 0.25) is 0 Å². The molecule has 0 aromatic rings. The quantitative estimate of drug-likeness (QED) is 0.276. The first kappa shape index (κ1) is 22.4. The molecule has 0 saturated carbocycles. The van der Waals surface area contributed by atoms with Crippen LogP contribution in [-0.2, 0) is 14.2 Å². The second-order valence-electron chi connectivity index (χ2n) is 7.99. The van der Waals surface area contributed by atoms with Crippen molar-refractivity contribution < 1.29 is 14.2 Å². The number of hydrogen-bond donors (Lipinski definition) is 0. The van der Waals surface area contributed by atoms with Crippen molar-refractivity contribution in [3.05, 3.63) is 24.8 Å². The van der Waals surface area contributed by atoms with Crippen LogP contribution >= 0.6 is 0 Å². The van der Waals surface area contributed by atoms with Crippen LogP contribution in [0.1, 0.15) is 85.5 Å². The summed E-state index contributed by atoms with van der Waals surface area (Å²) < 4.78 is 18.4. The van der Waals surface area contributed by atoms with Gasteiger partial charge in [0.25, 0.3) is 0 Å². The van der Waals surface area contributed by atoms with E-state index in [2.05, 4.69) is 20.1 Å². The molecule has 0 aliphatic carbocycles. The SMILES string of the molecule is C=CC[C@](CCCCCCCCC)(OCC(=C)C)[C@H]1COC(C)(C)O1. The lowest BCUT2D eigenvalue weighted by Crippen LogP contribution is -2.47. The average molecular weight is 353 g/mol. The molecule has 3 nitrogen and oxygen atoms in total. The second kappa shape index (κ2) is 11.2. The molecule has 3 heteroatoms. The van der Waals surface area contributed by atoms with Gasteiger partial charge in [-0.3, -0.25) is 0 Å². The zero-order valence-corrected chi connectivity index (χ0v) is 17.1. The third-order valence-corrected chi connectivity index (χ3v) is 4.89. The van der Waals surface area contributed by atoms with Crippen LogP contribution in [0.25, 0.3) is 0 Å². The Hall–Kier alpha value is -0.640. The van der Waals surface area contributed by atoms with E-state index in [1.165, 1.54) is 38.5 Å². The Kier molecular flexibility index (Phi) is 9.99. The van der Waals surface area contributed by atoms with Gasteiger partial charge in [0.15, 0.2) is 5.79 Å². The van der Waals surface area contributed by atoms with Crippen molar-refractivity contribution in [2.45, 2.75) is 103 Å². The van der Waals surface area contributed by atoms with Gasteiger partial charge < -0.3 is 14.2 Å². The summed E-state index contributed by atoms with van der Waals surface area (Å²) in [6, 6.07) is 0. The summed E-state index contributed by atoms with van der Waals surface area (Å²) in [6.07, 6.45) is 12.7. The van der Waals surface area contributed by atoms with Crippen LogP contribution < -0.4 is 0 Å². The molecule has 1 saturated heterocycles. The van der Waals surface area contributed by atoms with Gasteiger partial charge in [0.1, 0.15) is 11.7 Å². The summed E-state index contributed by atoms with van der Waals surface area (Å²) in [6.45, 7) is 17.3. The second-order valence-corrected chi connectivity index (χ2v) is 7.99.